The van der Waals surface area contributed by atoms with E-state index < -0.39 is 0 Å². The number of nitrogens with zero attached hydrogens (tertiary/aromatic N) is 2. The molecule has 0 saturated heterocycles. The van der Waals surface area contributed by atoms with Crippen LogP contribution >= 0.6 is 0 Å². The van der Waals surface area contributed by atoms with Gasteiger partial charge in [-0.1, -0.05) is 37.3 Å². The molecule has 1 heterocycles. The Bertz CT molecular complexity index is 912. The normalized spacial score (nSPS) is 10.4. The van der Waals surface area contributed by atoms with Gasteiger partial charge in [0.1, 0.15) is 11.6 Å². The van der Waals surface area contributed by atoms with Crippen molar-refractivity contribution in [2.75, 3.05) is 23.8 Å². The van der Waals surface area contributed by atoms with E-state index in [0.717, 1.165) is 30.0 Å². The molecule has 0 saturated carbocycles. The Balaban J connectivity index is 1.85. The third-order valence-electron chi connectivity index (χ3n) is 3.98. The molecule has 0 bridgehead atoms. The highest BCUT2D eigenvalue weighted by molar-refractivity contribution is 5.89. The zero-order valence-corrected chi connectivity index (χ0v) is 16.1. The highest BCUT2D eigenvalue weighted by Gasteiger charge is 2.09. The fraction of sp³-hybridized carbons (Fsp3) is 0.227. The van der Waals surface area contributed by atoms with E-state index >= 15 is 0 Å². The molecule has 0 aliphatic heterocycles. The third kappa shape index (κ3) is 5.07. The fourth-order valence-corrected chi connectivity index (χ4v) is 2.62. The highest BCUT2D eigenvalue weighted by Crippen LogP contribution is 2.23. The van der Waals surface area contributed by atoms with Crippen LogP contribution in [-0.4, -0.2) is 29.1 Å². The number of carbonyl (C=O) groups is 1. The second-order valence-electron chi connectivity index (χ2n) is 6.18. The van der Waals surface area contributed by atoms with Crippen molar-refractivity contribution in [1.82, 2.24) is 9.97 Å². The summed E-state index contributed by atoms with van der Waals surface area (Å²) in [5, 5.41) is 6.60. The monoisotopic (exact) mass is 376 g/mol. The van der Waals surface area contributed by atoms with Gasteiger partial charge in [-0.2, -0.15) is 0 Å². The number of anilines is 3. The highest BCUT2D eigenvalue weighted by atomic mass is 16.5. The number of ether oxygens (including phenoxy) is 1. The van der Waals surface area contributed by atoms with Crippen LogP contribution in [0.2, 0.25) is 0 Å². The molecule has 0 aliphatic rings. The number of benzene rings is 2. The quantitative estimate of drug-likeness (QED) is 0.545. The minimum Gasteiger partial charge on any atom is -0.462 e. The van der Waals surface area contributed by atoms with Crippen molar-refractivity contribution in [1.29, 1.82) is 0 Å². The first-order valence-electron chi connectivity index (χ1n) is 9.42. The van der Waals surface area contributed by atoms with E-state index in [0.29, 0.717) is 23.8 Å². The number of hydrogen-bond donors (Lipinski definition) is 2. The molecule has 0 amide bonds. The zero-order valence-electron chi connectivity index (χ0n) is 16.1. The molecule has 0 aliphatic carbocycles. The van der Waals surface area contributed by atoms with Crippen molar-refractivity contribution in [3.63, 3.8) is 0 Å². The number of hydrogen-bond acceptors (Lipinski definition) is 6. The van der Waals surface area contributed by atoms with E-state index in [1.807, 2.05) is 48.5 Å². The Morgan fingerprint density at radius 2 is 1.68 bits per heavy atom. The first-order valence-corrected chi connectivity index (χ1v) is 9.42. The molecular formula is C22H24N4O2. The van der Waals surface area contributed by atoms with E-state index in [1.54, 1.807) is 19.1 Å². The van der Waals surface area contributed by atoms with Gasteiger partial charge in [-0.15, -0.1) is 0 Å². The van der Waals surface area contributed by atoms with Gasteiger partial charge >= 0.3 is 5.97 Å². The Hall–Kier alpha value is -3.41. The molecule has 144 valence electrons. The SMILES string of the molecule is CCCNc1cc(Nc2ccc(C(=O)OCC)cc2)nc(-c2ccccc2)n1. The second-order valence-corrected chi connectivity index (χ2v) is 6.18. The van der Waals surface area contributed by atoms with E-state index in [1.165, 1.54) is 0 Å². The van der Waals surface area contributed by atoms with Crippen molar-refractivity contribution in [3.05, 3.63) is 66.2 Å². The fourth-order valence-electron chi connectivity index (χ4n) is 2.62. The molecule has 6 nitrogen and oxygen atoms in total. The Morgan fingerprint density at radius 1 is 0.964 bits per heavy atom. The summed E-state index contributed by atoms with van der Waals surface area (Å²) in [5.74, 6) is 1.76. The van der Waals surface area contributed by atoms with Crippen LogP contribution in [0.15, 0.2) is 60.7 Å². The van der Waals surface area contributed by atoms with Crippen molar-refractivity contribution in [3.8, 4) is 11.4 Å². The summed E-state index contributed by atoms with van der Waals surface area (Å²) in [6, 6.07) is 18.9. The standard InChI is InChI=1S/C22H24N4O2/c1-3-14-23-19-15-20(26-21(25-19)16-8-6-5-7-9-16)24-18-12-10-17(11-13-18)22(27)28-4-2/h5-13,15H,3-4,14H2,1-2H3,(H2,23,24,25,26). The smallest absolute Gasteiger partial charge is 0.338 e. The summed E-state index contributed by atoms with van der Waals surface area (Å²) in [6.45, 7) is 5.09. The minimum atomic E-state index is -0.325. The van der Waals surface area contributed by atoms with E-state index in [4.69, 9.17) is 4.74 Å². The lowest BCUT2D eigenvalue weighted by Crippen LogP contribution is -2.06. The number of carbonyl (C=O) groups excluding carboxylic acids is 1. The lowest BCUT2D eigenvalue weighted by molar-refractivity contribution is 0.0526. The topological polar surface area (TPSA) is 76.1 Å². The average molecular weight is 376 g/mol. The van der Waals surface area contributed by atoms with Gasteiger partial charge in [0.15, 0.2) is 5.82 Å². The van der Waals surface area contributed by atoms with Crippen molar-refractivity contribution < 1.29 is 9.53 Å². The van der Waals surface area contributed by atoms with Gasteiger partial charge in [-0.05, 0) is 37.6 Å². The molecule has 3 aromatic rings. The number of rotatable bonds is 8. The molecule has 28 heavy (non-hydrogen) atoms. The summed E-state index contributed by atoms with van der Waals surface area (Å²) in [6.07, 6.45) is 1.00. The molecule has 6 heteroatoms. The Labute approximate surface area is 165 Å². The summed E-state index contributed by atoms with van der Waals surface area (Å²) in [7, 11) is 0. The first kappa shape index (κ1) is 19.4. The average Bonchev–Trinajstić information content (AvgIpc) is 2.73. The molecular weight excluding hydrogens is 352 g/mol. The molecule has 0 radical (unpaired) electrons. The van der Waals surface area contributed by atoms with E-state index in [9.17, 15) is 4.79 Å². The van der Waals surface area contributed by atoms with E-state index in [2.05, 4.69) is 27.5 Å². The Kier molecular flexibility index (Phi) is 6.57. The molecule has 0 fully saturated rings. The molecule has 0 spiro atoms. The zero-order chi connectivity index (χ0) is 19.8. The molecule has 0 unspecified atom stereocenters. The van der Waals surface area contributed by atoms with Gasteiger partial charge in [0.25, 0.3) is 0 Å². The molecule has 3 rings (SSSR count). The third-order valence-corrected chi connectivity index (χ3v) is 3.98. The maximum absolute atomic E-state index is 11.8. The maximum atomic E-state index is 11.8. The van der Waals surface area contributed by atoms with Gasteiger partial charge < -0.3 is 15.4 Å². The molecule has 2 N–H and O–H groups in total. The lowest BCUT2D eigenvalue weighted by Gasteiger charge is -2.12. The van der Waals surface area contributed by atoms with Crippen molar-refractivity contribution in [2.24, 2.45) is 0 Å². The van der Waals surface area contributed by atoms with Crippen LogP contribution in [0.25, 0.3) is 11.4 Å². The van der Waals surface area contributed by atoms with Gasteiger partial charge in [0, 0.05) is 23.9 Å². The van der Waals surface area contributed by atoms with Crippen molar-refractivity contribution >= 4 is 23.3 Å². The van der Waals surface area contributed by atoms with E-state index in [-0.39, 0.29) is 5.97 Å². The maximum Gasteiger partial charge on any atom is 0.338 e. The Morgan fingerprint density at radius 3 is 2.36 bits per heavy atom. The molecule has 2 aromatic carbocycles. The van der Waals surface area contributed by atoms with Crippen LogP contribution in [0.1, 0.15) is 30.6 Å². The van der Waals surface area contributed by atoms with Crippen LogP contribution in [0, 0.1) is 0 Å². The van der Waals surface area contributed by atoms with Crippen LogP contribution in [-0.2, 0) is 4.74 Å². The van der Waals surface area contributed by atoms with Crippen LogP contribution in [0.3, 0.4) is 0 Å². The number of aromatic nitrogens is 2. The summed E-state index contributed by atoms with van der Waals surface area (Å²) < 4.78 is 5.02. The summed E-state index contributed by atoms with van der Waals surface area (Å²) in [5.41, 5.74) is 2.29. The van der Waals surface area contributed by atoms with Gasteiger partial charge in [-0.3, -0.25) is 0 Å². The van der Waals surface area contributed by atoms with Gasteiger partial charge in [0.2, 0.25) is 0 Å². The molecule has 0 atom stereocenters. The van der Waals surface area contributed by atoms with Gasteiger partial charge in [0.05, 0.1) is 12.2 Å². The minimum absolute atomic E-state index is 0.325. The van der Waals surface area contributed by atoms with Crippen LogP contribution in [0.4, 0.5) is 17.3 Å². The van der Waals surface area contributed by atoms with Crippen LogP contribution in [0.5, 0.6) is 0 Å². The second kappa shape index (κ2) is 9.50. The van der Waals surface area contributed by atoms with Crippen molar-refractivity contribution in [2.45, 2.75) is 20.3 Å². The van der Waals surface area contributed by atoms with Crippen LogP contribution < -0.4 is 10.6 Å². The lowest BCUT2D eigenvalue weighted by atomic mass is 10.2. The predicted octanol–water partition coefficient (Wildman–Crippen LogP) is 4.89. The summed E-state index contributed by atoms with van der Waals surface area (Å²) >= 11 is 0. The number of esters is 1. The summed E-state index contributed by atoms with van der Waals surface area (Å²) in [4.78, 5) is 21.0. The first-order chi connectivity index (χ1) is 13.7. The van der Waals surface area contributed by atoms with Gasteiger partial charge in [-0.25, -0.2) is 14.8 Å². The number of nitrogens with one attached hydrogen (secondary N) is 2. The predicted molar refractivity (Wildman–Crippen MR) is 112 cm³/mol. The molecule has 1 aromatic heterocycles. The largest absolute Gasteiger partial charge is 0.462 e.